The van der Waals surface area contributed by atoms with Crippen molar-refractivity contribution in [3.05, 3.63) is 65.2 Å². The number of aryl methyl sites for hydroxylation is 1. The van der Waals surface area contributed by atoms with Crippen molar-refractivity contribution in [2.75, 3.05) is 6.61 Å². The lowest BCUT2D eigenvalue weighted by molar-refractivity contribution is 0.130. The summed E-state index contributed by atoms with van der Waals surface area (Å²) in [5, 5.41) is 12.3. The van der Waals surface area contributed by atoms with Crippen LogP contribution in [0.15, 0.2) is 63.9 Å². The maximum atomic E-state index is 5.75. The van der Waals surface area contributed by atoms with Gasteiger partial charge in [-0.2, -0.15) is 10.2 Å². The van der Waals surface area contributed by atoms with E-state index in [9.17, 15) is 0 Å². The largest absolute Gasteiger partial charge is 0.488 e. The molecule has 0 fully saturated rings. The van der Waals surface area contributed by atoms with E-state index in [1.54, 1.807) is 0 Å². The van der Waals surface area contributed by atoms with Crippen LogP contribution in [-0.2, 0) is 11.4 Å². The number of benzene rings is 2. The molecular formula is C21H23N3O2. The van der Waals surface area contributed by atoms with Crippen LogP contribution in [0.5, 0.6) is 5.75 Å². The van der Waals surface area contributed by atoms with Gasteiger partial charge in [-0.15, -0.1) is 0 Å². The van der Waals surface area contributed by atoms with Gasteiger partial charge in [-0.05, 0) is 56.2 Å². The van der Waals surface area contributed by atoms with Crippen molar-refractivity contribution < 1.29 is 9.57 Å². The van der Waals surface area contributed by atoms with Gasteiger partial charge in [0.1, 0.15) is 19.0 Å². The monoisotopic (exact) mass is 349 g/mol. The molecular weight excluding hydrogens is 326 g/mol. The van der Waals surface area contributed by atoms with Crippen LogP contribution in [0.2, 0.25) is 0 Å². The van der Waals surface area contributed by atoms with Crippen LogP contribution in [-0.4, -0.2) is 23.7 Å². The summed E-state index contributed by atoms with van der Waals surface area (Å²) in [6, 6.07) is 16.0. The Morgan fingerprint density at radius 3 is 2.35 bits per heavy atom. The molecule has 1 heterocycles. The Hall–Kier alpha value is -2.95. The van der Waals surface area contributed by atoms with Gasteiger partial charge in [0.2, 0.25) is 0 Å². The Bertz CT molecular complexity index is 835. The van der Waals surface area contributed by atoms with Gasteiger partial charge in [0.05, 0.1) is 11.4 Å². The first-order valence-electron chi connectivity index (χ1n) is 8.64. The molecule has 0 aliphatic carbocycles. The smallest absolute Gasteiger partial charge is 0.142 e. The molecule has 3 rings (SSSR count). The molecule has 134 valence electrons. The quantitative estimate of drug-likeness (QED) is 0.544. The molecule has 0 saturated carbocycles. The van der Waals surface area contributed by atoms with Crippen molar-refractivity contribution in [3.8, 4) is 5.75 Å². The van der Waals surface area contributed by atoms with Crippen molar-refractivity contribution in [1.29, 1.82) is 0 Å². The zero-order valence-electron chi connectivity index (χ0n) is 15.4. The van der Waals surface area contributed by atoms with Crippen LogP contribution in [0.1, 0.15) is 37.0 Å². The number of oxime groups is 1. The van der Waals surface area contributed by atoms with E-state index in [1.165, 1.54) is 5.56 Å². The number of nitrogens with zero attached hydrogens (tertiary/aromatic N) is 3. The molecule has 2 aromatic rings. The molecule has 0 saturated heterocycles. The average Bonchev–Trinajstić information content (AvgIpc) is 3.07. The van der Waals surface area contributed by atoms with Gasteiger partial charge in [0.15, 0.2) is 0 Å². The third-order valence-electron chi connectivity index (χ3n) is 4.05. The van der Waals surface area contributed by atoms with Crippen LogP contribution < -0.4 is 4.74 Å². The van der Waals surface area contributed by atoms with E-state index in [0.717, 1.165) is 40.4 Å². The Morgan fingerprint density at radius 2 is 1.69 bits per heavy atom. The molecule has 0 bridgehead atoms. The summed E-state index contributed by atoms with van der Waals surface area (Å²) in [6.45, 7) is 6.89. The highest BCUT2D eigenvalue weighted by Gasteiger charge is 2.09. The third-order valence-corrected chi connectivity index (χ3v) is 4.05. The Morgan fingerprint density at radius 1 is 0.962 bits per heavy atom. The van der Waals surface area contributed by atoms with Crippen molar-refractivity contribution in [2.45, 2.75) is 33.8 Å². The second-order valence-electron chi connectivity index (χ2n) is 6.43. The van der Waals surface area contributed by atoms with Crippen molar-refractivity contribution >= 4 is 17.1 Å². The standard InChI is InChI=1S/C21H23N3O2/c1-15-4-6-18(7-5-15)13-26-24-17(3)19-8-10-21(11-9-19)25-14-20-12-16(2)22-23-20/h4-11H,12-14H2,1-3H3/b24-17+. The first-order valence-corrected chi connectivity index (χ1v) is 8.64. The molecule has 0 unspecified atom stereocenters. The number of hydrogen-bond acceptors (Lipinski definition) is 5. The zero-order chi connectivity index (χ0) is 18.4. The second-order valence-corrected chi connectivity index (χ2v) is 6.43. The normalized spacial score (nSPS) is 14.0. The summed E-state index contributed by atoms with van der Waals surface area (Å²) in [4.78, 5) is 5.46. The minimum Gasteiger partial charge on any atom is -0.488 e. The highest BCUT2D eigenvalue weighted by Crippen LogP contribution is 2.14. The van der Waals surface area contributed by atoms with E-state index in [0.29, 0.717) is 13.2 Å². The Kier molecular flexibility index (Phi) is 5.79. The van der Waals surface area contributed by atoms with Gasteiger partial charge < -0.3 is 9.57 Å². The molecule has 0 aromatic heterocycles. The predicted octanol–water partition coefficient (Wildman–Crippen LogP) is 4.54. The van der Waals surface area contributed by atoms with Crippen molar-refractivity contribution in [3.63, 3.8) is 0 Å². The van der Waals surface area contributed by atoms with Gasteiger partial charge in [-0.1, -0.05) is 35.0 Å². The highest BCUT2D eigenvalue weighted by molar-refractivity contribution is 6.07. The molecule has 0 amide bonds. The SMILES string of the molecule is CC1=NN=C(COc2ccc(/C(C)=N/OCc3ccc(C)cc3)cc2)C1. The highest BCUT2D eigenvalue weighted by atomic mass is 16.6. The maximum absolute atomic E-state index is 5.75. The summed E-state index contributed by atoms with van der Waals surface area (Å²) >= 11 is 0. The number of rotatable bonds is 7. The minimum absolute atomic E-state index is 0.461. The van der Waals surface area contributed by atoms with Gasteiger partial charge in [0.25, 0.3) is 0 Å². The lowest BCUT2D eigenvalue weighted by Gasteiger charge is -2.07. The second kappa shape index (κ2) is 8.43. The fourth-order valence-electron chi connectivity index (χ4n) is 2.50. The van der Waals surface area contributed by atoms with Crippen molar-refractivity contribution in [2.24, 2.45) is 15.4 Å². The van der Waals surface area contributed by atoms with Crippen LogP contribution in [0.25, 0.3) is 0 Å². The maximum Gasteiger partial charge on any atom is 0.142 e. The predicted molar refractivity (Wildman–Crippen MR) is 105 cm³/mol. The Balaban J connectivity index is 1.49. The fourth-order valence-corrected chi connectivity index (χ4v) is 2.50. The topological polar surface area (TPSA) is 55.5 Å². The molecule has 5 nitrogen and oxygen atoms in total. The molecule has 0 radical (unpaired) electrons. The van der Waals surface area contributed by atoms with E-state index in [2.05, 4.69) is 34.4 Å². The summed E-state index contributed by atoms with van der Waals surface area (Å²) in [5.74, 6) is 0.800. The molecule has 5 heteroatoms. The van der Waals surface area contributed by atoms with Gasteiger partial charge in [0, 0.05) is 12.1 Å². The summed E-state index contributed by atoms with van der Waals surface area (Å²) in [5.41, 5.74) is 6.14. The van der Waals surface area contributed by atoms with Crippen LogP contribution in [0, 0.1) is 6.92 Å². The molecule has 2 aromatic carbocycles. The third kappa shape index (κ3) is 5.02. The lowest BCUT2D eigenvalue weighted by Crippen LogP contribution is -2.11. The van der Waals surface area contributed by atoms with E-state index < -0.39 is 0 Å². The van der Waals surface area contributed by atoms with E-state index in [-0.39, 0.29) is 0 Å². The van der Waals surface area contributed by atoms with Crippen molar-refractivity contribution in [1.82, 2.24) is 0 Å². The van der Waals surface area contributed by atoms with E-state index in [4.69, 9.17) is 9.57 Å². The number of ether oxygens (including phenoxy) is 1. The molecule has 0 atom stereocenters. The molecule has 26 heavy (non-hydrogen) atoms. The van der Waals surface area contributed by atoms with Crippen LogP contribution >= 0.6 is 0 Å². The molecule has 0 N–H and O–H groups in total. The van der Waals surface area contributed by atoms with E-state index >= 15 is 0 Å². The Labute approximate surface area is 154 Å². The lowest BCUT2D eigenvalue weighted by atomic mass is 10.1. The number of hydrogen-bond donors (Lipinski definition) is 0. The summed E-state index contributed by atoms with van der Waals surface area (Å²) in [6.07, 6.45) is 0.794. The first-order chi connectivity index (χ1) is 12.6. The first kappa shape index (κ1) is 17.9. The zero-order valence-corrected chi connectivity index (χ0v) is 15.4. The van der Waals surface area contributed by atoms with Gasteiger partial charge in [-0.25, -0.2) is 0 Å². The molecule has 1 aliphatic heterocycles. The van der Waals surface area contributed by atoms with Gasteiger partial charge >= 0.3 is 0 Å². The fraction of sp³-hybridized carbons (Fsp3) is 0.286. The average molecular weight is 349 g/mol. The van der Waals surface area contributed by atoms with Crippen LogP contribution in [0.4, 0.5) is 0 Å². The van der Waals surface area contributed by atoms with E-state index in [1.807, 2.05) is 50.2 Å². The molecule has 0 spiro atoms. The minimum atomic E-state index is 0.461. The molecule has 1 aliphatic rings. The van der Waals surface area contributed by atoms with Gasteiger partial charge in [-0.3, -0.25) is 0 Å². The summed E-state index contributed by atoms with van der Waals surface area (Å²) < 4.78 is 5.75. The van der Waals surface area contributed by atoms with Crippen LogP contribution in [0.3, 0.4) is 0 Å². The summed E-state index contributed by atoms with van der Waals surface area (Å²) in [7, 11) is 0.